The van der Waals surface area contributed by atoms with Crippen LogP contribution in [0.25, 0.3) is 0 Å². The highest BCUT2D eigenvalue weighted by molar-refractivity contribution is 5.81. The van der Waals surface area contributed by atoms with E-state index in [0.29, 0.717) is 0 Å². The van der Waals surface area contributed by atoms with Crippen molar-refractivity contribution in [2.75, 3.05) is 19.8 Å². The first kappa shape index (κ1) is 17.9. The van der Waals surface area contributed by atoms with Gasteiger partial charge in [0.1, 0.15) is 5.54 Å². The second-order valence-corrected chi connectivity index (χ2v) is 3.76. The second kappa shape index (κ2) is 5.92. The molecule has 114 valence electrons. The van der Waals surface area contributed by atoms with Crippen molar-refractivity contribution in [3.8, 4) is 0 Å². The van der Waals surface area contributed by atoms with E-state index < -0.39 is 49.5 Å². The molecule has 4 N–H and O–H groups in total. The quantitative estimate of drug-likeness (QED) is 0.518. The van der Waals surface area contributed by atoms with Gasteiger partial charge in [-0.3, -0.25) is 4.79 Å². The molecule has 0 aromatic rings. The third-order valence-corrected chi connectivity index (χ3v) is 2.21. The van der Waals surface area contributed by atoms with Gasteiger partial charge in [-0.15, -0.1) is 0 Å². The van der Waals surface area contributed by atoms with Gasteiger partial charge in [0, 0.05) is 0 Å². The van der Waals surface area contributed by atoms with Crippen LogP contribution in [0.2, 0.25) is 0 Å². The summed E-state index contributed by atoms with van der Waals surface area (Å²) in [5.74, 6) is -6.83. The lowest BCUT2D eigenvalue weighted by molar-refractivity contribution is -0.275. The van der Waals surface area contributed by atoms with Crippen LogP contribution in [0.1, 0.15) is 0 Å². The topological polar surface area (TPSA) is 89.8 Å². The van der Waals surface area contributed by atoms with Crippen molar-refractivity contribution in [3.63, 3.8) is 0 Å². The highest BCUT2D eigenvalue weighted by atomic mass is 19.4. The van der Waals surface area contributed by atoms with Crippen LogP contribution in [0.5, 0.6) is 0 Å². The van der Waals surface area contributed by atoms with Crippen molar-refractivity contribution in [2.24, 2.45) is 5.92 Å². The van der Waals surface area contributed by atoms with Crippen molar-refractivity contribution in [1.82, 2.24) is 5.32 Å². The molecule has 0 aliphatic heterocycles. The third-order valence-electron chi connectivity index (χ3n) is 2.21. The molecule has 5 nitrogen and oxygen atoms in total. The molecule has 11 heteroatoms. The Morgan fingerprint density at radius 3 is 1.42 bits per heavy atom. The minimum Gasteiger partial charge on any atom is -0.394 e. The van der Waals surface area contributed by atoms with Crippen molar-refractivity contribution in [2.45, 2.75) is 17.9 Å². The molecule has 19 heavy (non-hydrogen) atoms. The van der Waals surface area contributed by atoms with Crippen LogP contribution < -0.4 is 5.32 Å². The monoisotopic (exact) mass is 299 g/mol. The fourth-order valence-electron chi connectivity index (χ4n) is 1.08. The van der Waals surface area contributed by atoms with E-state index in [-0.39, 0.29) is 0 Å². The lowest BCUT2D eigenvalue weighted by atomic mass is 10.0. The Balaban J connectivity index is 5.25. The minimum atomic E-state index is -5.89. The van der Waals surface area contributed by atoms with E-state index in [0.717, 1.165) is 5.32 Å². The van der Waals surface area contributed by atoms with E-state index in [9.17, 15) is 31.1 Å². The maximum atomic E-state index is 12.2. The maximum Gasteiger partial charge on any atom is 0.409 e. The molecule has 0 spiro atoms. The van der Waals surface area contributed by atoms with Crippen LogP contribution in [0.4, 0.5) is 26.3 Å². The standard InChI is InChI=1S/C8H11F6NO4/c9-7(10,11)4(8(12,13)14)5(19)15-6(1-16,2-17)3-18/h4,16-18H,1-3H2,(H,15,19). The Morgan fingerprint density at radius 2 is 1.21 bits per heavy atom. The van der Waals surface area contributed by atoms with Crippen molar-refractivity contribution >= 4 is 5.91 Å². The van der Waals surface area contributed by atoms with Gasteiger partial charge < -0.3 is 20.6 Å². The Morgan fingerprint density at radius 1 is 0.895 bits per heavy atom. The third kappa shape index (κ3) is 4.51. The Bertz CT molecular complexity index is 289. The fourth-order valence-corrected chi connectivity index (χ4v) is 1.08. The SMILES string of the molecule is O=C(NC(CO)(CO)CO)C(C(F)(F)F)C(F)(F)F. The lowest BCUT2D eigenvalue weighted by Crippen LogP contribution is -2.61. The molecule has 0 aromatic carbocycles. The number of alkyl halides is 6. The number of hydrogen-bond acceptors (Lipinski definition) is 4. The average molecular weight is 299 g/mol. The number of aliphatic hydroxyl groups excluding tert-OH is 3. The molecule has 0 atom stereocenters. The van der Waals surface area contributed by atoms with Crippen LogP contribution >= 0.6 is 0 Å². The first-order chi connectivity index (χ1) is 8.43. The summed E-state index contributed by atoms with van der Waals surface area (Å²) >= 11 is 0. The maximum absolute atomic E-state index is 12.2. The fraction of sp³-hybridized carbons (Fsp3) is 0.875. The van der Waals surface area contributed by atoms with Crippen molar-refractivity contribution in [1.29, 1.82) is 0 Å². The molecule has 0 unspecified atom stereocenters. The molecule has 0 saturated heterocycles. The number of halogens is 6. The first-order valence-electron chi connectivity index (χ1n) is 4.71. The molecule has 0 heterocycles. The van der Waals surface area contributed by atoms with E-state index in [1.165, 1.54) is 0 Å². The summed E-state index contributed by atoms with van der Waals surface area (Å²) in [4.78, 5) is 11.0. The number of hydrogen-bond donors (Lipinski definition) is 4. The predicted molar refractivity (Wildman–Crippen MR) is 47.7 cm³/mol. The van der Waals surface area contributed by atoms with Gasteiger partial charge in [-0.1, -0.05) is 0 Å². The van der Waals surface area contributed by atoms with Crippen LogP contribution in [0, 0.1) is 5.92 Å². The zero-order valence-electron chi connectivity index (χ0n) is 9.22. The van der Waals surface area contributed by atoms with Gasteiger partial charge in [0.05, 0.1) is 19.8 Å². The summed E-state index contributed by atoms with van der Waals surface area (Å²) in [6, 6.07) is 0. The number of carbonyl (C=O) groups excluding carboxylic acids is 1. The minimum absolute atomic E-state index is 1.16. The average Bonchev–Trinajstić information content (AvgIpc) is 2.22. The molecular formula is C8H11F6NO4. The highest BCUT2D eigenvalue weighted by Gasteiger charge is 2.61. The summed E-state index contributed by atoms with van der Waals surface area (Å²) in [7, 11) is 0. The molecule has 0 bridgehead atoms. The van der Waals surface area contributed by atoms with E-state index in [2.05, 4.69) is 0 Å². The van der Waals surface area contributed by atoms with Gasteiger partial charge in [0.2, 0.25) is 11.8 Å². The van der Waals surface area contributed by atoms with Gasteiger partial charge in [-0.2, -0.15) is 26.3 Å². The summed E-state index contributed by atoms with van der Waals surface area (Å²) in [6.45, 7) is -3.73. The Kier molecular flexibility index (Phi) is 5.59. The first-order valence-corrected chi connectivity index (χ1v) is 4.71. The van der Waals surface area contributed by atoms with Crippen molar-refractivity contribution in [3.05, 3.63) is 0 Å². The summed E-state index contributed by atoms with van der Waals surface area (Å²) < 4.78 is 73.1. The van der Waals surface area contributed by atoms with Crippen molar-refractivity contribution < 1.29 is 46.5 Å². The van der Waals surface area contributed by atoms with Gasteiger partial charge in [0.15, 0.2) is 0 Å². The van der Waals surface area contributed by atoms with Crippen LogP contribution in [-0.4, -0.2) is 58.9 Å². The zero-order chi connectivity index (χ0) is 15.5. The summed E-state index contributed by atoms with van der Waals surface area (Å²) in [6.07, 6.45) is -11.8. The van der Waals surface area contributed by atoms with E-state index in [1.54, 1.807) is 0 Å². The van der Waals surface area contributed by atoms with Crippen LogP contribution in [0.3, 0.4) is 0 Å². The van der Waals surface area contributed by atoms with Crippen LogP contribution in [0.15, 0.2) is 0 Å². The highest BCUT2D eigenvalue weighted by Crippen LogP contribution is 2.39. The number of rotatable bonds is 5. The molecule has 1 amide bonds. The smallest absolute Gasteiger partial charge is 0.394 e. The van der Waals surface area contributed by atoms with Gasteiger partial charge in [-0.05, 0) is 0 Å². The molecule has 0 radical (unpaired) electrons. The Labute approximate surface area is 102 Å². The normalized spacial score (nSPS) is 13.8. The van der Waals surface area contributed by atoms with Gasteiger partial charge >= 0.3 is 12.4 Å². The molecule has 0 rings (SSSR count). The molecule has 0 aliphatic carbocycles. The zero-order valence-corrected chi connectivity index (χ0v) is 9.22. The van der Waals surface area contributed by atoms with E-state index in [4.69, 9.17) is 15.3 Å². The summed E-state index contributed by atoms with van der Waals surface area (Å²) in [5.41, 5.74) is -2.37. The summed E-state index contributed by atoms with van der Waals surface area (Å²) in [5, 5.41) is 27.3. The molecule has 0 saturated carbocycles. The number of amides is 1. The lowest BCUT2D eigenvalue weighted by Gasteiger charge is -2.31. The molecular weight excluding hydrogens is 288 g/mol. The second-order valence-electron chi connectivity index (χ2n) is 3.76. The largest absolute Gasteiger partial charge is 0.409 e. The number of aliphatic hydroxyl groups is 3. The van der Waals surface area contributed by atoms with Crippen LogP contribution in [-0.2, 0) is 4.79 Å². The molecule has 0 fully saturated rings. The predicted octanol–water partition coefficient (Wildman–Crippen LogP) is -0.441. The van der Waals surface area contributed by atoms with Gasteiger partial charge in [0.25, 0.3) is 0 Å². The van der Waals surface area contributed by atoms with E-state index >= 15 is 0 Å². The van der Waals surface area contributed by atoms with Gasteiger partial charge in [-0.25, -0.2) is 0 Å². The molecule has 0 aromatic heterocycles. The van der Waals surface area contributed by atoms with E-state index in [1.807, 2.05) is 0 Å². The number of carbonyl (C=O) groups is 1. The number of nitrogens with one attached hydrogen (secondary N) is 1. The Hall–Kier alpha value is -1.07. The molecule has 0 aliphatic rings.